The van der Waals surface area contributed by atoms with Crippen molar-refractivity contribution in [2.75, 3.05) is 5.32 Å². The van der Waals surface area contributed by atoms with E-state index < -0.39 is 0 Å². The molecule has 4 heteroatoms. The van der Waals surface area contributed by atoms with Crippen molar-refractivity contribution >= 4 is 11.6 Å². The molecule has 1 aromatic carbocycles. The maximum atomic E-state index is 12.6. The van der Waals surface area contributed by atoms with Crippen molar-refractivity contribution in [1.82, 2.24) is 4.98 Å². The number of anilines is 1. The molecule has 0 unspecified atom stereocenters. The number of amides is 1. The highest BCUT2D eigenvalue weighted by atomic mass is 19.1. The molecule has 2 rings (SSSR count). The number of rotatable bonds is 2. The molecule has 80 valence electrons. The summed E-state index contributed by atoms with van der Waals surface area (Å²) >= 11 is 0. The molecule has 0 bridgehead atoms. The zero-order chi connectivity index (χ0) is 11.4. The summed E-state index contributed by atoms with van der Waals surface area (Å²) in [5, 5.41) is 2.68. The topological polar surface area (TPSA) is 42.0 Å². The Bertz CT molecular complexity index is 482. The lowest BCUT2D eigenvalue weighted by Crippen LogP contribution is -2.11. The average Bonchev–Trinajstić information content (AvgIpc) is 2.31. The zero-order valence-corrected chi connectivity index (χ0v) is 8.35. The van der Waals surface area contributed by atoms with Crippen LogP contribution in [-0.2, 0) is 0 Å². The summed E-state index contributed by atoms with van der Waals surface area (Å²) in [6.45, 7) is 0. The highest BCUT2D eigenvalue weighted by Crippen LogP contribution is 2.08. The van der Waals surface area contributed by atoms with E-state index in [0.29, 0.717) is 11.3 Å². The number of aromatic nitrogens is 1. The molecular weight excluding hydrogens is 206 g/mol. The molecule has 0 aliphatic heterocycles. The monoisotopic (exact) mass is 215 g/mol. The Morgan fingerprint density at radius 1 is 1.06 bits per heavy atom. The number of pyridine rings is 1. The third-order valence-corrected chi connectivity index (χ3v) is 2.04. The summed E-state index contributed by atoms with van der Waals surface area (Å²) in [7, 11) is 0. The Balaban J connectivity index is 2.12. The summed E-state index contributed by atoms with van der Waals surface area (Å²) in [6.07, 6.45) is 3.17. The van der Waals surface area contributed by atoms with E-state index in [4.69, 9.17) is 0 Å². The van der Waals surface area contributed by atoms with E-state index in [1.807, 2.05) is 0 Å². The van der Waals surface area contributed by atoms with Gasteiger partial charge >= 0.3 is 0 Å². The van der Waals surface area contributed by atoms with E-state index in [1.165, 1.54) is 24.3 Å². The largest absolute Gasteiger partial charge is 0.322 e. The van der Waals surface area contributed by atoms with Crippen molar-refractivity contribution in [2.45, 2.75) is 0 Å². The van der Waals surface area contributed by atoms with Crippen LogP contribution in [0.15, 0.2) is 48.8 Å². The molecule has 16 heavy (non-hydrogen) atoms. The first-order valence-electron chi connectivity index (χ1n) is 4.72. The summed E-state index contributed by atoms with van der Waals surface area (Å²) in [6, 6.07) is 8.74. The van der Waals surface area contributed by atoms with Gasteiger partial charge in [-0.25, -0.2) is 4.39 Å². The molecule has 0 aliphatic carbocycles. The Morgan fingerprint density at radius 3 is 2.31 bits per heavy atom. The van der Waals surface area contributed by atoms with E-state index in [2.05, 4.69) is 10.3 Å². The van der Waals surface area contributed by atoms with Gasteiger partial charge in [0.1, 0.15) is 5.82 Å². The fourth-order valence-corrected chi connectivity index (χ4v) is 1.24. The third-order valence-electron chi connectivity index (χ3n) is 2.04. The minimum absolute atomic E-state index is 0.272. The lowest BCUT2D eigenvalue weighted by molar-refractivity contribution is 0.102. The lowest BCUT2D eigenvalue weighted by atomic mass is 9.88. The first-order chi connectivity index (χ1) is 7.75. The molecule has 0 saturated heterocycles. The van der Waals surface area contributed by atoms with E-state index in [0.717, 1.165) is 0 Å². The lowest BCUT2D eigenvalue weighted by Gasteiger charge is -2.04. The molecule has 1 aromatic heterocycles. The number of carbonyl (C=O) groups is 1. The SMILES string of the molecule is O=[11C](Nc1ccncc1)c1ccc(F)cc1. The van der Waals surface area contributed by atoms with Crippen LogP contribution in [0.3, 0.4) is 0 Å². The summed E-state index contributed by atoms with van der Waals surface area (Å²) in [4.78, 5) is 15.5. The normalized spacial score (nSPS) is 9.81. The van der Waals surface area contributed by atoms with Gasteiger partial charge in [-0.15, -0.1) is 0 Å². The number of nitrogens with zero attached hydrogens (tertiary/aromatic N) is 1. The summed E-state index contributed by atoms with van der Waals surface area (Å²) in [5.41, 5.74) is 1.07. The minimum atomic E-state index is -0.361. The van der Waals surface area contributed by atoms with Gasteiger partial charge in [-0.1, -0.05) is 0 Å². The molecule has 0 fully saturated rings. The van der Waals surface area contributed by atoms with E-state index in [1.54, 1.807) is 24.5 Å². The standard InChI is InChI=1S/C12H9FN2O/c13-10-3-1-9(2-4-10)12(16)15-11-5-7-14-8-6-11/h1-8H,(H,14,15,16)/i12-1. The van der Waals surface area contributed by atoms with Crippen molar-refractivity contribution in [3.63, 3.8) is 0 Å². The van der Waals surface area contributed by atoms with Gasteiger partial charge in [-0.05, 0) is 36.4 Å². The van der Waals surface area contributed by atoms with Crippen LogP contribution in [0.2, 0.25) is 0 Å². The minimum Gasteiger partial charge on any atom is -0.322 e. The van der Waals surface area contributed by atoms with Gasteiger partial charge in [0.05, 0.1) is 0 Å². The highest BCUT2D eigenvalue weighted by molar-refractivity contribution is 6.04. The van der Waals surface area contributed by atoms with Gasteiger partial charge in [0, 0.05) is 23.6 Å². The molecule has 2 aromatic rings. The predicted octanol–water partition coefficient (Wildman–Crippen LogP) is 2.47. The molecule has 1 amide bonds. The second kappa shape index (κ2) is 4.53. The van der Waals surface area contributed by atoms with Gasteiger partial charge in [-0.2, -0.15) is 0 Å². The second-order valence-electron chi connectivity index (χ2n) is 3.20. The van der Waals surface area contributed by atoms with Crippen molar-refractivity contribution in [1.29, 1.82) is 0 Å². The maximum absolute atomic E-state index is 12.6. The van der Waals surface area contributed by atoms with Crippen LogP contribution >= 0.6 is 0 Å². The molecule has 0 saturated carbocycles. The summed E-state index contributed by atoms with van der Waals surface area (Å²) < 4.78 is 12.6. The highest BCUT2D eigenvalue weighted by Gasteiger charge is 2.05. The molecule has 0 atom stereocenters. The van der Waals surface area contributed by atoms with Gasteiger partial charge in [0.15, 0.2) is 0 Å². The van der Waals surface area contributed by atoms with Gasteiger partial charge in [0.25, 0.3) is 5.91 Å². The van der Waals surface area contributed by atoms with Gasteiger partial charge < -0.3 is 5.32 Å². The molecular formula is C12H9FN2O. The Kier molecular flexibility index (Phi) is 2.91. The quantitative estimate of drug-likeness (QED) is 0.836. The molecule has 0 radical (unpaired) electrons. The third kappa shape index (κ3) is 2.42. The fraction of sp³-hybridized carbons (Fsp3) is 0. The number of carbonyl (C=O) groups excluding carboxylic acids is 1. The van der Waals surface area contributed by atoms with E-state index in [-0.39, 0.29) is 11.7 Å². The van der Waals surface area contributed by atoms with Crippen molar-refractivity contribution in [3.8, 4) is 0 Å². The zero-order valence-electron chi connectivity index (χ0n) is 8.35. The molecule has 0 spiro atoms. The predicted molar refractivity (Wildman–Crippen MR) is 58.6 cm³/mol. The van der Waals surface area contributed by atoms with Crippen LogP contribution in [-0.4, -0.2) is 10.9 Å². The number of benzene rings is 1. The Labute approximate surface area is 92.0 Å². The maximum Gasteiger partial charge on any atom is 0.255 e. The Morgan fingerprint density at radius 2 is 1.69 bits per heavy atom. The Hall–Kier alpha value is -2.23. The van der Waals surface area contributed by atoms with Crippen LogP contribution in [0, 0.1) is 5.82 Å². The van der Waals surface area contributed by atoms with E-state index >= 15 is 0 Å². The number of hydrogen-bond acceptors (Lipinski definition) is 2. The number of hydrogen-bond donors (Lipinski definition) is 1. The average molecular weight is 215 g/mol. The van der Waals surface area contributed by atoms with Gasteiger partial charge in [-0.3, -0.25) is 9.78 Å². The number of nitrogens with one attached hydrogen (secondary N) is 1. The van der Waals surface area contributed by atoms with Crippen LogP contribution in [0.5, 0.6) is 0 Å². The fourth-order valence-electron chi connectivity index (χ4n) is 1.24. The van der Waals surface area contributed by atoms with Crippen LogP contribution in [0.4, 0.5) is 10.1 Å². The molecule has 3 nitrogen and oxygen atoms in total. The van der Waals surface area contributed by atoms with Crippen molar-refractivity contribution < 1.29 is 9.18 Å². The summed E-state index contributed by atoms with van der Waals surface area (Å²) in [5.74, 6) is -0.633. The van der Waals surface area contributed by atoms with Crippen LogP contribution in [0.25, 0.3) is 0 Å². The van der Waals surface area contributed by atoms with Crippen LogP contribution < -0.4 is 5.32 Å². The molecule has 0 aliphatic rings. The molecule has 1 N–H and O–H groups in total. The second-order valence-corrected chi connectivity index (χ2v) is 3.20. The van der Waals surface area contributed by atoms with Gasteiger partial charge in [0.2, 0.25) is 0 Å². The number of halogens is 1. The molecule has 1 heterocycles. The van der Waals surface area contributed by atoms with Crippen LogP contribution in [0.1, 0.15) is 10.4 Å². The van der Waals surface area contributed by atoms with E-state index in [9.17, 15) is 9.18 Å². The van der Waals surface area contributed by atoms with Crippen molar-refractivity contribution in [2.24, 2.45) is 0 Å². The van der Waals surface area contributed by atoms with Crippen molar-refractivity contribution in [3.05, 3.63) is 60.2 Å². The first kappa shape index (κ1) is 10.3. The smallest absolute Gasteiger partial charge is 0.255 e. The first-order valence-corrected chi connectivity index (χ1v) is 4.72.